The Labute approximate surface area is 147 Å². The molecule has 1 saturated carbocycles. The number of rotatable bonds is 4. The second-order valence-corrected chi connectivity index (χ2v) is 6.68. The van der Waals surface area contributed by atoms with Crippen LogP contribution >= 0.6 is 23.2 Å². The number of nitrogens with one attached hydrogen (secondary N) is 1. The Morgan fingerprint density at radius 2 is 2.12 bits per heavy atom. The summed E-state index contributed by atoms with van der Waals surface area (Å²) in [4.78, 5) is 12.4. The van der Waals surface area contributed by atoms with Crippen molar-refractivity contribution in [3.05, 3.63) is 51.3 Å². The Hall–Kier alpha value is -1.66. The van der Waals surface area contributed by atoms with E-state index in [-0.39, 0.29) is 17.5 Å². The number of benzene rings is 1. The zero-order valence-corrected chi connectivity index (χ0v) is 14.3. The highest BCUT2D eigenvalue weighted by molar-refractivity contribution is 6.35. The van der Waals surface area contributed by atoms with Gasteiger partial charge in [0.25, 0.3) is 12.3 Å². The maximum Gasteiger partial charge on any atom is 0.282 e. The Balaban J connectivity index is 1.76. The van der Waals surface area contributed by atoms with Gasteiger partial charge in [-0.3, -0.25) is 9.48 Å². The fraction of sp³-hybridized carbons (Fsp3) is 0.375. The molecule has 0 radical (unpaired) electrons. The van der Waals surface area contributed by atoms with E-state index >= 15 is 0 Å². The molecule has 1 amide bonds. The number of amides is 1. The molecule has 4 nitrogen and oxygen atoms in total. The summed E-state index contributed by atoms with van der Waals surface area (Å²) >= 11 is 12.1. The minimum Gasteiger partial charge on any atom is -0.349 e. The van der Waals surface area contributed by atoms with E-state index in [9.17, 15) is 13.6 Å². The van der Waals surface area contributed by atoms with Gasteiger partial charge < -0.3 is 5.32 Å². The number of hydrogen-bond donors (Lipinski definition) is 1. The number of hydrogen-bond acceptors (Lipinski definition) is 2. The van der Waals surface area contributed by atoms with E-state index in [2.05, 4.69) is 10.4 Å². The number of halogens is 4. The van der Waals surface area contributed by atoms with Gasteiger partial charge in [0.05, 0.1) is 5.56 Å². The third kappa shape index (κ3) is 3.26. The van der Waals surface area contributed by atoms with E-state index < -0.39 is 18.0 Å². The van der Waals surface area contributed by atoms with E-state index in [1.165, 1.54) is 17.9 Å². The SMILES string of the molecule is Cn1cc(C(=O)NC2CCC2c2ccc(Cl)cc2Cl)c(C(F)F)n1. The lowest BCUT2D eigenvalue weighted by Gasteiger charge is -2.38. The van der Waals surface area contributed by atoms with Gasteiger partial charge in [-0.05, 0) is 30.5 Å². The lowest BCUT2D eigenvalue weighted by molar-refractivity contribution is 0.0891. The molecule has 2 unspecified atom stereocenters. The monoisotopic (exact) mass is 373 g/mol. The topological polar surface area (TPSA) is 46.9 Å². The summed E-state index contributed by atoms with van der Waals surface area (Å²) in [5, 5.41) is 7.55. The van der Waals surface area contributed by atoms with Crippen molar-refractivity contribution in [2.45, 2.75) is 31.2 Å². The Morgan fingerprint density at radius 3 is 2.71 bits per heavy atom. The molecule has 1 N–H and O–H groups in total. The van der Waals surface area contributed by atoms with Crippen LogP contribution in [0.15, 0.2) is 24.4 Å². The third-order valence-corrected chi connectivity index (χ3v) is 4.82. The number of nitrogens with zero attached hydrogens (tertiary/aromatic N) is 2. The molecule has 2 aromatic rings. The van der Waals surface area contributed by atoms with Gasteiger partial charge in [0.2, 0.25) is 0 Å². The van der Waals surface area contributed by atoms with Gasteiger partial charge in [0.1, 0.15) is 5.69 Å². The average Bonchev–Trinajstić information content (AvgIpc) is 2.88. The van der Waals surface area contributed by atoms with Crippen LogP contribution < -0.4 is 5.32 Å². The van der Waals surface area contributed by atoms with E-state index in [1.54, 1.807) is 12.1 Å². The van der Waals surface area contributed by atoms with Crippen LogP contribution in [-0.2, 0) is 7.05 Å². The lowest BCUT2D eigenvalue weighted by Crippen LogP contribution is -2.45. The number of aryl methyl sites for hydroxylation is 1. The van der Waals surface area contributed by atoms with Crippen molar-refractivity contribution in [3.63, 3.8) is 0 Å². The first-order valence-corrected chi connectivity index (χ1v) is 8.20. The molecule has 1 aromatic carbocycles. The molecule has 0 bridgehead atoms. The van der Waals surface area contributed by atoms with Crippen LogP contribution in [-0.4, -0.2) is 21.7 Å². The molecule has 0 aliphatic heterocycles. The molecule has 0 spiro atoms. The number of alkyl halides is 2. The molecule has 0 saturated heterocycles. The highest BCUT2D eigenvalue weighted by Gasteiger charge is 2.35. The molecule has 24 heavy (non-hydrogen) atoms. The van der Waals surface area contributed by atoms with E-state index in [0.717, 1.165) is 18.4 Å². The summed E-state index contributed by atoms with van der Waals surface area (Å²) in [7, 11) is 1.50. The Kier molecular flexibility index (Phi) is 4.78. The minimum absolute atomic E-state index is 0.0467. The predicted octanol–water partition coefficient (Wildman–Crippen LogP) is 4.34. The van der Waals surface area contributed by atoms with E-state index in [0.29, 0.717) is 10.0 Å². The molecule has 1 fully saturated rings. The van der Waals surface area contributed by atoms with Crippen molar-refractivity contribution in [1.82, 2.24) is 15.1 Å². The summed E-state index contributed by atoms with van der Waals surface area (Å²) < 4.78 is 27.2. The highest BCUT2D eigenvalue weighted by atomic mass is 35.5. The Bertz CT molecular complexity index is 779. The van der Waals surface area contributed by atoms with Crippen molar-refractivity contribution in [3.8, 4) is 0 Å². The van der Waals surface area contributed by atoms with Crippen LogP contribution in [0.3, 0.4) is 0 Å². The van der Waals surface area contributed by atoms with Crippen LogP contribution in [0.4, 0.5) is 8.78 Å². The van der Waals surface area contributed by atoms with Gasteiger partial charge in [-0.2, -0.15) is 5.10 Å². The number of aromatic nitrogens is 2. The maximum absolute atomic E-state index is 13.0. The van der Waals surface area contributed by atoms with Crippen LogP contribution in [0.1, 0.15) is 46.8 Å². The van der Waals surface area contributed by atoms with Gasteiger partial charge in [0.15, 0.2) is 0 Å². The average molecular weight is 374 g/mol. The second-order valence-electron chi connectivity index (χ2n) is 5.83. The van der Waals surface area contributed by atoms with Crippen LogP contribution in [0.2, 0.25) is 10.0 Å². The van der Waals surface area contributed by atoms with Gasteiger partial charge in [0, 0.05) is 35.2 Å². The lowest BCUT2D eigenvalue weighted by atomic mass is 9.75. The minimum atomic E-state index is -2.80. The molecule has 1 aliphatic rings. The number of carbonyl (C=O) groups excluding carboxylic acids is 1. The van der Waals surface area contributed by atoms with E-state index in [1.807, 2.05) is 6.07 Å². The van der Waals surface area contributed by atoms with Crippen LogP contribution in [0.5, 0.6) is 0 Å². The van der Waals surface area contributed by atoms with Crippen LogP contribution in [0, 0.1) is 0 Å². The highest BCUT2D eigenvalue weighted by Crippen LogP contribution is 2.41. The predicted molar refractivity (Wildman–Crippen MR) is 87.9 cm³/mol. The van der Waals surface area contributed by atoms with Gasteiger partial charge in [-0.15, -0.1) is 0 Å². The molecule has 1 aromatic heterocycles. The molecular formula is C16H15Cl2F2N3O. The Morgan fingerprint density at radius 1 is 1.38 bits per heavy atom. The van der Waals surface area contributed by atoms with Crippen molar-refractivity contribution in [1.29, 1.82) is 0 Å². The summed E-state index contributed by atoms with van der Waals surface area (Å²) in [5.41, 5.74) is 0.300. The first-order chi connectivity index (χ1) is 11.4. The number of carbonyl (C=O) groups is 1. The molecule has 3 rings (SSSR count). The summed E-state index contributed by atoms with van der Waals surface area (Å²) in [6.07, 6.45) is 0.135. The quantitative estimate of drug-likeness (QED) is 0.866. The molecule has 1 heterocycles. The van der Waals surface area contributed by atoms with Crippen molar-refractivity contribution < 1.29 is 13.6 Å². The van der Waals surface area contributed by atoms with Crippen molar-refractivity contribution in [2.75, 3.05) is 0 Å². The summed E-state index contributed by atoms with van der Waals surface area (Å²) in [6.45, 7) is 0. The van der Waals surface area contributed by atoms with Crippen LogP contribution in [0.25, 0.3) is 0 Å². The first-order valence-electron chi connectivity index (χ1n) is 7.44. The smallest absolute Gasteiger partial charge is 0.282 e. The third-order valence-electron chi connectivity index (χ3n) is 4.26. The van der Waals surface area contributed by atoms with E-state index in [4.69, 9.17) is 23.2 Å². The largest absolute Gasteiger partial charge is 0.349 e. The first kappa shape index (κ1) is 17.2. The van der Waals surface area contributed by atoms with Gasteiger partial charge in [-0.25, -0.2) is 8.78 Å². The summed E-state index contributed by atoms with van der Waals surface area (Å²) in [6, 6.07) is 5.09. The molecular weight excluding hydrogens is 359 g/mol. The summed E-state index contributed by atoms with van der Waals surface area (Å²) in [5.74, 6) is -0.497. The molecule has 128 valence electrons. The standard InChI is InChI=1S/C16H15Cl2F2N3O/c1-23-7-11(14(22-23)15(19)20)16(24)21-13-5-4-10(13)9-3-2-8(17)6-12(9)18/h2-3,6-7,10,13,15H,4-5H2,1H3,(H,21,24). The van der Waals surface area contributed by atoms with Gasteiger partial charge >= 0.3 is 0 Å². The normalized spacial score (nSPS) is 20.1. The van der Waals surface area contributed by atoms with Crippen molar-refractivity contribution >= 4 is 29.1 Å². The van der Waals surface area contributed by atoms with Gasteiger partial charge in [-0.1, -0.05) is 29.3 Å². The van der Waals surface area contributed by atoms with Crippen molar-refractivity contribution in [2.24, 2.45) is 7.05 Å². The zero-order valence-electron chi connectivity index (χ0n) is 12.8. The second kappa shape index (κ2) is 6.69. The maximum atomic E-state index is 13.0. The fourth-order valence-electron chi connectivity index (χ4n) is 2.94. The zero-order chi connectivity index (χ0) is 17.4. The molecule has 8 heteroatoms. The fourth-order valence-corrected chi connectivity index (χ4v) is 3.48. The molecule has 1 aliphatic carbocycles. The molecule has 2 atom stereocenters.